The van der Waals surface area contributed by atoms with Gasteiger partial charge in [-0.15, -0.1) is 0 Å². The number of alkyl halides is 2. The highest BCUT2D eigenvalue weighted by Gasteiger charge is 2.44. The lowest BCUT2D eigenvalue weighted by molar-refractivity contribution is -0.149. The van der Waals surface area contributed by atoms with Crippen LogP contribution in [-0.4, -0.2) is 21.6 Å². The second-order valence-corrected chi connectivity index (χ2v) is 4.24. The van der Waals surface area contributed by atoms with Crippen LogP contribution in [0.2, 0.25) is 0 Å². The molecule has 0 aliphatic heterocycles. The van der Waals surface area contributed by atoms with Crippen LogP contribution in [0.3, 0.4) is 0 Å². The zero-order valence-corrected chi connectivity index (χ0v) is 8.64. The molecule has 1 fully saturated rings. The fourth-order valence-corrected chi connectivity index (χ4v) is 2.28. The number of nitrogens with zero attached hydrogens (tertiary/aromatic N) is 1. The van der Waals surface area contributed by atoms with E-state index >= 15 is 0 Å². The molecule has 1 saturated carbocycles. The number of hydrogen-bond acceptors (Lipinski definition) is 1. The van der Waals surface area contributed by atoms with Gasteiger partial charge in [-0.3, -0.25) is 4.79 Å². The zero-order chi connectivity index (χ0) is 11.8. The van der Waals surface area contributed by atoms with E-state index in [9.17, 15) is 13.6 Å². The Labute approximate surface area is 91.7 Å². The molecule has 0 amide bonds. The summed E-state index contributed by atoms with van der Waals surface area (Å²) in [5, 5.41) is 9.02. The van der Waals surface area contributed by atoms with Crippen molar-refractivity contribution in [2.24, 2.45) is 5.92 Å². The quantitative estimate of drug-likeness (QED) is 0.846. The lowest BCUT2D eigenvalue weighted by Crippen LogP contribution is -2.37. The summed E-state index contributed by atoms with van der Waals surface area (Å²) >= 11 is 0. The standard InChI is InChI=1S/C11H13F2NO2/c12-11(13)4-3-8(10(15)16)9(7-11)14-5-1-2-6-14/h1-2,5-6,8-9H,3-4,7H2,(H,15,16). The minimum Gasteiger partial charge on any atom is -0.481 e. The minimum absolute atomic E-state index is 0.0329. The topological polar surface area (TPSA) is 42.2 Å². The van der Waals surface area contributed by atoms with Gasteiger partial charge in [-0.2, -0.15) is 0 Å². The van der Waals surface area contributed by atoms with Crippen molar-refractivity contribution >= 4 is 5.97 Å². The molecule has 0 radical (unpaired) electrons. The van der Waals surface area contributed by atoms with Crippen LogP contribution in [-0.2, 0) is 4.79 Å². The summed E-state index contributed by atoms with van der Waals surface area (Å²) in [6, 6.07) is 2.79. The highest BCUT2D eigenvalue weighted by molar-refractivity contribution is 5.70. The monoisotopic (exact) mass is 229 g/mol. The Balaban J connectivity index is 2.25. The van der Waals surface area contributed by atoms with Gasteiger partial charge in [0.2, 0.25) is 5.92 Å². The van der Waals surface area contributed by atoms with Gasteiger partial charge in [-0.05, 0) is 18.6 Å². The van der Waals surface area contributed by atoms with Gasteiger partial charge in [-0.25, -0.2) is 8.78 Å². The van der Waals surface area contributed by atoms with Crippen LogP contribution in [0.1, 0.15) is 25.3 Å². The maximum Gasteiger partial charge on any atom is 0.308 e. The highest BCUT2D eigenvalue weighted by Crippen LogP contribution is 2.42. The first-order chi connectivity index (χ1) is 7.49. The van der Waals surface area contributed by atoms with Crippen LogP contribution < -0.4 is 0 Å². The third kappa shape index (κ3) is 2.08. The molecule has 1 N–H and O–H groups in total. The minimum atomic E-state index is -2.75. The zero-order valence-electron chi connectivity index (χ0n) is 8.64. The van der Waals surface area contributed by atoms with Gasteiger partial charge in [0.15, 0.2) is 0 Å². The Hall–Kier alpha value is -1.39. The molecule has 1 aromatic rings. The molecule has 2 rings (SSSR count). The van der Waals surface area contributed by atoms with Gasteiger partial charge >= 0.3 is 5.97 Å². The van der Waals surface area contributed by atoms with E-state index in [0.29, 0.717) is 0 Å². The van der Waals surface area contributed by atoms with Crippen molar-refractivity contribution in [3.05, 3.63) is 24.5 Å². The van der Waals surface area contributed by atoms with Crippen molar-refractivity contribution in [2.75, 3.05) is 0 Å². The van der Waals surface area contributed by atoms with Gasteiger partial charge < -0.3 is 9.67 Å². The van der Waals surface area contributed by atoms with E-state index < -0.39 is 30.3 Å². The Morgan fingerprint density at radius 3 is 2.56 bits per heavy atom. The number of carbonyl (C=O) groups is 1. The average molecular weight is 229 g/mol. The van der Waals surface area contributed by atoms with E-state index in [-0.39, 0.29) is 12.8 Å². The number of aliphatic carboxylic acids is 1. The lowest BCUT2D eigenvalue weighted by atomic mass is 9.82. The van der Waals surface area contributed by atoms with Crippen molar-refractivity contribution in [1.82, 2.24) is 4.57 Å². The van der Waals surface area contributed by atoms with Gasteiger partial charge in [0.05, 0.1) is 12.0 Å². The molecule has 1 aliphatic rings. The number of rotatable bonds is 2. The largest absolute Gasteiger partial charge is 0.481 e. The normalized spacial score (nSPS) is 28.9. The second-order valence-electron chi connectivity index (χ2n) is 4.24. The maximum atomic E-state index is 13.3. The van der Waals surface area contributed by atoms with E-state index in [4.69, 9.17) is 5.11 Å². The van der Waals surface area contributed by atoms with E-state index in [0.717, 1.165) is 0 Å². The molecule has 1 aliphatic carbocycles. The fourth-order valence-electron chi connectivity index (χ4n) is 2.28. The molecule has 0 spiro atoms. The molecule has 5 heteroatoms. The summed E-state index contributed by atoms with van der Waals surface area (Å²) < 4.78 is 28.1. The maximum absolute atomic E-state index is 13.3. The van der Waals surface area contributed by atoms with Crippen molar-refractivity contribution in [3.63, 3.8) is 0 Å². The fraction of sp³-hybridized carbons (Fsp3) is 0.545. The van der Waals surface area contributed by atoms with Crippen molar-refractivity contribution in [3.8, 4) is 0 Å². The Kier molecular flexibility index (Phi) is 2.69. The molecule has 16 heavy (non-hydrogen) atoms. The van der Waals surface area contributed by atoms with Crippen LogP contribution in [0.4, 0.5) is 8.78 Å². The SMILES string of the molecule is O=C(O)C1CCC(F)(F)CC1n1cccc1. The number of hydrogen-bond donors (Lipinski definition) is 1. The van der Waals surface area contributed by atoms with E-state index in [1.165, 1.54) is 0 Å². The van der Waals surface area contributed by atoms with Crippen molar-refractivity contribution in [2.45, 2.75) is 31.2 Å². The molecular formula is C11H13F2NO2. The second kappa shape index (κ2) is 3.88. The predicted octanol–water partition coefficient (Wildman–Crippen LogP) is 2.55. The molecule has 2 atom stereocenters. The van der Waals surface area contributed by atoms with Gasteiger partial charge in [0, 0.05) is 25.2 Å². The summed E-state index contributed by atoms with van der Waals surface area (Å²) in [5.41, 5.74) is 0. The van der Waals surface area contributed by atoms with E-state index in [2.05, 4.69) is 0 Å². The Morgan fingerprint density at radius 1 is 1.38 bits per heavy atom. The summed E-state index contributed by atoms with van der Waals surface area (Å²) in [7, 11) is 0. The number of carboxylic acid groups (broad SMARTS) is 1. The molecule has 3 nitrogen and oxygen atoms in total. The molecule has 0 bridgehead atoms. The van der Waals surface area contributed by atoms with E-state index in [1.807, 2.05) is 0 Å². The van der Waals surface area contributed by atoms with Crippen LogP contribution in [0.25, 0.3) is 0 Å². The molecule has 0 saturated heterocycles. The average Bonchev–Trinajstić information content (AvgIpc) is 2.68. The van der Waals surface area contributed by atoms with Gasteiger partial charge in [0.25, 0.3) is 0 Å². The molecular weight excluding hydrogens is 216 g/mol. The first-order valence-corrected chi connectivity index (χ1v) is 5.23. The number of carboxylic acids is 1. The van der Waals surface area contributed by atoms with Crippen LogP contribution >= 0.6 is 0 Å². The third-order valence-corrected chi connectivity index (χ3v) is 3.12. The summed E-state index contributed by atoms with van der Waals surface area (Å²) in [4.78, 5) is 11.0. The first-order valence-electron chi connectivity index (χ1n) is 5.23. The number of aromatic nitrogens is 1. The smallest absolute Gasteiger partial charge is 0.308 e. The van der Waals surface area contributed by atoms with Crippen LogP contribution in [0.5, 0.6) is 0 Å². The van der Waals surface area contributed by atoms with Gasteiger partial charge in [-0.1, -0.05) is 0 Å². The summed E-state index contributed by atoms with van der Waals surface area (Å²) in [6.45, 7) is 0. The van der Waals surface area contributed by atoms with E-state index in [1.54, 1.807) is 29.1 Å². The third-order valence-electron chi connectivity index (χ3n) is 3.12. The summed E-state index contributed by atoms with van der Waals surface area (Å²) in [6.07, 6.45) is 2.59. The van der Waals surface area contributed by atoms with Crippen LogP contribution in [0, 0.1) is 5.92 Å². The molecule has 88 valence electrons. The summed E-state index contributed by atoms with van der Waals surface area (Å²) in [5.74, 6) is -4.46. The van der Waals surface area contributed by atoms with Crippen LogP contribution in [0.15, 0.2) is 24.5 Å². The number of halogens is 2. The van der Waals surface area contributed by atoms with Gasteiger partial charge in [0.1, 0.15) is 0 Å². The predicted molar refractivity (Wildman–Crippen MR) is 53.4 cm³/mol. The Bertz CT molecular complexity index is 375. The Morgan fingerprint density at radius 2 is 2.00 bits per heavy atom. The molecule has 1 aromatic heterocycles. The lowest BCUT2D eigenvalue weighted by Gasteiger charge is -2.34. The van der Waals surface area contributed by atoms with Crippen molar-refractivity contribution < 1.29 is 18.7 Å². The molecule has 1 heterocycles. The highest BCUT2D eigenvalue weighted by atomic mass is 19.3. The molecule has 0 aromatic carbocycles. The molecule has 2 unspecified atom stereocenters. The first kappa shape index (κ1) is 11.1. The van der Waals surface area contributed by atoms with Crippen molar-refractivity contribution in [1.29, 1.82) is 0 Å².